The summed E-state index contributed by atoms with van der Waals surface area (Å²) in [5.74, 6) is 0. The fourth-order valence-corrected chi connectivity index (χ4v) is 2.78. The molecule has 6 heteroatoms. The normalized spacial score (nSPS) is 19.1. The molecule has 2 aromatic rings. The van der Waals surface area contributed by atoms with Crippen LogP contribution in [0.5, 0.6) is 0 Å². The first kappa shape index (κ1) is 14.1. The first-order valence-electron chi connectivity index (χ1n) is 6.90. The molecule has 1 fully saturated rings. The lowest BCUT2D eigenvalue weighted by atomic mass is 10.1. The maximum absolute atomic E-state index is 13.0. The summed E-state index contributed by atoms with van der Waals surface area (Å²) in [7, 11) is 0. The Kier molecular flexibility index (Phi) is 3.49. The van der Waals surface area contributed by atoms with Crippen molar-refractivity contribution in [3.8, 4) is 5.69 Å². The molecule has 21 heavy (non-hydrogen) atoms. The number of alkyl halides is 3. The zero-order chi connectivity index (χ0) is 15.0. The summed E-state index contributed by atoms with van der Waals surface area (Å²) in [5.41, 5.74) is 1.03. The zero-order valence-corrected chi connectivity index (χ0v) is 11.6. The largest absolute Gasteiger partial charge is 0.416 e. The van der Waals surface area contributed by atoms with Crippen molar-refractivity contribution in [2.45, 2.75) is 32.0 Å². The Hall–Kier alpha value is -1.82. The van der Waals surface area contributed by atoms with Crippen LogP contribution in [0.25, 0.3) is 5.69 Å². The van der Waals surface area contributed by atoms with E-state index in [0.29, 0.717) is 5.69 Å². The molecule has 1 aromatic heterocycles. The molecule has 3 nitrogen and oxygen atoms in total. The molecule has 1 aromatic carbocycles. The molecular weight excluding hydrogens is 279 g/mol. The molecule has 112 valence electrons. The van der Waals surface area contributed by atoms with Crippen molar-refractivity contribution in [1.82, 2.24) is 14.9 Å². The number of benzene rings is 1. The Labute approximate surface area is 120 Å². The van der Waals surface area contributed by atoms with Gasteiger partial charge < -0.3 is 9.88 Å². The summed E-state index contributed by atoms with van der Waals surface area (Å²) in [6.07, 6.45) is 0.990. The van der Waals surface area contributed by atoms with Gasteiger partial charge in [-0.1, -0.05) is 6.07 Å². The van der Waals surface area contributed by atoms with Gasteiger partial charge in [0.1, 0.15) is 0 Å². The third kappa shape index (κ3) is 2.68. The number of imidazole rings is 1. The maximum Gasteiger partial charge on any atom is 0.416 e. The molecule has 1 saturated heterocycles. The molecule has 0 amide bonds. The van der Waals surface area contributed by atoms with E-state index in [1.807, 2.05) is 0 Å². The van der Waals surface area contributed by atoms with E-state index in [1.165, 1.54) is 19.1 Å². The van der Waals surface area contributed by atoms with Crippen molar-refractivity contribution < 1.29 is 13.2 Å². The summed E-state index contributed by atoms with van der Waals surface area (Å²) < 4.78 is 40.8. The fourth-order valence-electron chi connectivity index (χ4n) is 2.78. The van der Waals surface area contributed by atoms with Gasteiger partial charge in [-0.2, -0.15) is 13.2 Å². The quantitative estimate of drug-likeness (QED) is 0.917. The molecule has 1 aliphatic rings. The number of hydrogen-bond acceptors (Lipinski definition) is 2. The summed E-state index contributed by atoms with van der Waals surface area (Å²) in [5, 5.41) is 3.34. The van der Waals surface area contributed by atoms with E-state index >= 15 is 0 Å². The second-order valence-electron chi connectivity index (χ2n) is 5.33. The molecule has 1 atom stereocenters. The van der Waals surface area contributed by atoms with Crippen LogP contribution < -0.4 is 5.32 Å². The predicted molar refractivity (Wildman–Crippen MR) is 73.3 cm³/mol. The van der Waals surface area contributed by atoms with Crippen LogP contribution in [0.2, 0.25) is 0 Å². The van der Waals surface area contributed by atoms with Gasteiger partial charge in [0.2, 0.25) is 0 Å². The van der Waals surface area contributed by atoms with E-state index in [4.69, 9.17) is 0 Å². The van der Waals surface area contributed by atoms with Crippen molar-refractivity contribution in [3.05, 3.63) is 47.5 Å². The summed E-state index contributed by atoms with van der Waals surface area (Å²) in [4.78, 5) is 4.10. The average molecular weight is 295 g/mol. The number of nitrogens with zero attached hydrogens (tertiary/aromatic N) is 2. The molecule has 0 radical (unpaired) electrons. The minimum Gasteiger partial charge on any atom is -0.309 e. The summed E-state index contributed by atoms with van der Waals surface area (Å²) in [6, 6.07) is 4.55. The third-order valence-corrected chi connectivity index (χ3v) is 3.89. The van der Waals surface area contributed by atoms with Crippen molar-refractivity contribution in [1.29, 1.82) is 0 Å². The van der Waals surface area contributed by atoms with Crippen LogP contribution in [0.4, 0.5) is 13.2 Å². The SMILES string of the molecule is Cc1ccc(-n2cncc2C2CCCN2)cc1C(F)(F)F. The lowest BCUT2D eigenvalue weighted by Crippen LogP contribution is -2.16. The predicted octanol–water partition coefficient (Wildman–Crippen LogP) is 3.62. The van der Waals surface area contributed by atoms with Gasteiger partial charge in [-0.05, 0) is 44.0 Å². The number of hydrogen-bond donors (Lipinski definition) is 1. The van der Waals surface area contributed by atoms with E-state index < -0.39 is 11.7 Å². The van der Waals surface area contributed by atoms with Crippen LogP contribution in [0.3, 0.4) is 0 Å². The van der Waals surface area contributed by atoms with Gasteiger partial charge in [-0.25, -0.2) is 4.98 Å². The van der Waals surface area contributed by atoms with Crippen LogP contribution in [-0.4, -0.2) is 16.1 Å². The van der Waals surface area contributed by atoms with Crippen molar-refractivity contribution >= 4 is 0 Å². The van der Waals surface area contributed by atoms with E-state index in [-0.39, 0.29) is 11.6 Å². The minimum atomic E-state index is -4.34. The molecule has 3 rings (SSSR count). The molecule has 0 aliphatic carbocycles. The minimum absolute atomic E-state index is 0.156. The fraction of sp³-hybridized carbons (Fsp3) is 0.400. The van der Waals surface area contributed by atoms with Gasteiger partial charge in [0.05, 0.1) is 23.8 Å². The highest BCUT2D eigenvalue weighted by atomic mass is 19.4. The van der Waals surface area contributed by atoms with Crippen LogP contribution >= 0.6 is 0 Å². The Bertz CT molecular complexity index is 640. The van der Waals surface area contributed by atoms with Gasteiger partial charge in [0.15, 0.2) is 0 Å². The lowest BCUT2D eigenvalue weighted by Gasteiger charge is -2.16. The molecule has 1 N–H and O–H groups in total. The van der Waals surface area contributed by atoms with Crippen LogP contribution in [0.1, 0.15) is 35.7 Å². The molecule has 0 spiro atoms. The zero-order valence-electron chi connectivity index (χ0n) is 11.6. The van der Waals surface area contributed by atoms with Gasteiger partial charge in [-0.3, -0.25) is 0 Å². The Morgan fingerprint density at radius 3 is 2.81 bits per heavy atom. The average Bonchev–Trinajstić information content (AvgIpc) is 3.08. The number of rotatable bonds is 2. The molecule has 1 aliphatic heterocycles. The first-order valence-corrected chi connectivity index (χ1v) is 6.90. The van der Waals surface area contributed by atoms with Crippen LogP contribution in [-0.2, 0) is 6.18 Å². The highest BCUT2D eigenvalue weighted by Gasteiger charge is 2.33. The van der Waals surface area contributed by atoms with Crippen LogP contribution in [0, 0.1) is 6.92 Å². The second-order valence-corrected chi connectivity index (χ2v) is 5.33. The van der Waals surface area contributed by atoms with Gasteiger partial charge in [0, 0.05) is 11.7 Å². The third-order valence-electron chi connectivity index (χ3n) is 3.89. The molecule has 1 unspecified atom stereocenters. The molecule has 0 saturated carbocycles. The van der Waals surface area contributed by atoms with E-state index in [0.717, 1.165) is 25.1 Å². The van der Waals surface area contributed by atoms with Crippen molar-refractivity contribution in [2.24, 2.45) is 0 Å². The van der Waals surface area contributed by atoms with E-state index in [9.17, 15) is 13.2 Å². The Morgan fingerprint density at radius 2 is 2.14 bits per heavy atom. The van der Waals surface area contributed by atoms with Crippen LogP contribution in [0.15, 0.2) is 30.7 Å². The standard InChI is InChI=1S/C15H16F3N3/c1-10-4-5-11(7-12(10)15(16,17)18)21-9-19-8-14(21)13-3-2-6-20-13/h4-5,7-9,13,20H,2-3,6H2,1H3. The highest BCUT2D eigenvalue weighted by Crippen LogP contribution is 2.34. The topological polar surface area (TPSA) is 29.9 Å². The van der Waals surface area contributed by atoms with Gasteiger partial charge in [0.25, 0.3) is 0 Å². The Morgan fingerprint density at radius 1 is 1.33 bits per heavy atom. The highest BCUT2D eigenvalue weighted by molar-refractivity contribution is 5.43. The molecule has 2 heterocycles. The first-order chi connectivity index (χ1) is 9.97. The second kappa shape index (κ2) is 5.18. The number of aromatic nitrogens is 2. The summed E-state index contributed by atoms with van der Waals surface area (Å²) >= 11 is 0. The monoisotopic (exact) mass is 295 g/mol. The number of aryl methyl sites for hydroxylation is 1. The van der Waals surface area contributed by atoms with Gasteiger partial charge >= 0.3 is 6.18 Å². The molecule has 0 bridgehead atoms. The molecular formula is C15H16F3N3. The van der Waals surface area contributed by atoms with Gasteiger partial charge in [-0.15, -0.1) is 0 Å². The lowest BCUT2D eigenvalue weighted by molar-refractivity contribution is -0.138. The smallest absolute Gasteiger partial charge is 0.309 e. The number of nitrogens with one attached hydrogen (secondary N) is 1. The van der Waals surface area contributed by atoms with E-state index in [2.05, 4.69) is 10.3 Å². The van der Waals surface area contributed by atoms with Crippen molar-refractivity contribution in [3.63, 3.8) is 0 Å². The van der Waals surface area contributed by atoms with E-state index in [1.54, 1.807) is 23.2 Å². The number of halogens is 3. The summed E-state index contributed by atoms with van der Waals surface area (Å²) in [6.45, 7) is 2.40. The van der Waals surface area contributed by atoms with Crippen molar-refractivity contribution in [2.75, 3.05) is 6.54 Å². The Balaban J connectivity index is 2.03. The maximum atomic E-state index is 13.0.